The highest BCUT2D eigenvalue weighted by Gasteiger charge is 2.21. The molecule has 2 unspecified atom stereocenters. The van der Waals surface area contributed by atoms with Crippen molar-refractivity contribution in [3.05, 3.63) is 52.0 Å². The molecule has 2 rings (SSSR count). The van der Waals surface area contributed by atoms with E-state index in [0.717, 1.165) is 17.0 Å². The quantitative estimate of drug-likeness (QED) is 0.862. The Bertz CT molecular complexity index is 582. The lowest BCUT2D eigenvalue weighted by molar-refractivity contribution is -0.123. The van der Waals surface area contributed by atoms with Crippen LogP contribution in [0.5, 0.6) is 0 Å². The number of aromatic nitrogens is 1. The second-order valence-corrected chi connectivity index (χ2v) is 6.09. The van der Waals surface area contributed by atoms with E-state index in [1.54, 1.807) is 11.3 Å². The molecule has 3 N–H and O–H groups in total. The number of aryl methyl sites for hydroxylation is 1. The molecular formula is C16H21N3OS. The number of nitrogens with two attached hydrogens (primary N) is 1. The van der Waals surface area contributed by atoms with Crippen LogP contribution in [0.1, 0.15) is 41.3 Å². The first-order valence-electron chi connectivity index (χ1n) is 7.15. The molecule has 1 heterocycles. The SMILES string of the molecule is CCc1cnc(C(C)NC(=O)C(CN)c2ccccc2)s1. The minimum absolute atomic E-state index is 0.0514. The van der Waals surface area contributed by atoms with E-state index < -0.39 is 0 Å². The van der Waals surface area contributed by atoms with Crippen LogP contribution in [-0.4, -0.2) is 17.4 Å². The molecule has 0 spiro atoms. The van der Waals surface area contributed by atoms with Gasteiger partial charge in [0.2, 0.25) is 5.91 Å². The molecule has 21 heavy (non-hydrogen) atoms. The summed E-state index contributed by atoms with van der Waals surface area (Å²) in [5, 5.41) is 3.95. The summed E-state index contributed by atoms with van der Waals surface area (Å²) >= 11 is 1.64. The molecule has 4 nitrogen and oxygen atoms in total. The number of nitrogens with zero attached hydrogens (tertiary/aromatic N) is 1. The maximum Gasteiger partial charge on any atom is 0.229 e. The number of thiazole rings is 1. The van der Waals surface area contributed by atoms with Gasteiger partial charge in [0.15, 0.2) is 0 Å². The van der Waals surface area contributed by atoms with Crippen molar-refractivity contribution in [1.82, 2.24) is 10.3 Å². The van der Waals surface area contributed by atoms with Crippen LogP contribution < -0.4 is 11.1 Å². The Labute approximate surface area is 129 Å². The van der Waals surface area contributed by atoms with E-state index in [-0.39, 0.29) is 17.9 Å². The Balaban J connectivity index is 2.05. The largest absolute Gasteiger partial charge is 0.347 e. The zero-order valence-electron chi connectivity index (χ0n) is 12.4. The summed E-state index contributed by atoms with van der Waals surface area (Å²) in [6, 6.07) is 9.53. The van der Waals surface area contributed by atoms with Gasteiger partial charge in [-0.25, -0.2) is 4.98 Å². The average molecular weight is 303 g/mol. The Morgan fingerprint density at radius 2 is 2.10 bits per heavy atom. The van der Waals surface area contributed by atoms with E-state index in [4.69, 9.17) is 5.73 Å². The van der Waals surface area contributed by atoms with Gasteiger partial charge < -0.3 is 11.1 Å². The van der Waals surface area contributed by atoms with Gasteiger partial charge >= 0.3 is 0 Å². The fraction of sp³-hybridized carbons (Fsp3) is 0.375. The second kappa shape index (κ2) is 7.33. The number of hydrogen-bond acceptors (Lipinski definition) is 4. The van der Waals surface area contributed by atoms with E-state index in [0.29, 0.717) is 6.54 Å². The van der Waals surface area contributed by atoms with Gasteiger partial charge in [0.1, 0.15) is 5.01 Å². The van der Waals surface area contributed by atoms with Gasteiger partial charge in [0, 0.05) is 17.6 Å². The first-order valence-corrected chi connectivity index (χ1v) is 7.97. The van der Waals surface area contributed by atoms with Crippen LogP contribution in [0.25, 0.3) is 0 Å². The van der Waals surface area contributed by atoms with Gasteiger partial charge in [-0.3, -0.25) is 4.79 Å². The van der Waals surface area contributed by atoms with Crippen LogP contribution in [0.4, 0.5) is 0 Å². The van der Waals surface area contributed by atoms with Gasteiger partial charge in [0.05, 0.1) is 12.0 Å². The normalized spacial score (nSPS) is 13.7. The number of nitrogens with one attached hydrogen (secondary N) is 1. The Hall–Kier alpha value is -1.72. The van der Waals surface area contributed by atoms with Crippen molar-refractivity contribution in [2.24, 2.45) is 5.73 Å². The van der Waals surface area contributed by atoms with Crippen LogP contribution in [0.3, 0.4) is 0 Å². The zero-order chi connectivity index (χ0) is 15.2. The summed E-state index contributed by atoms with van der Waals surface area (Å²) in [5.74, 6) is -0.372. The van der Waals surface area contributed by atoms with E-state index in [2.05, 4.69) is 17.2 Å². The maximum atomic E-state index is 12.4. The van der Waals surface area contributed by atoms with Crippen molar-refractivity contribution < 1.29 is 4.79 Å². The van der Waals surface area contributed by atoms with Gasteiger partial charge in [-0.1, -0.05) is 37.3 Å². The predicted molar refractivity (Wildman–Crippen MR) is 86.3 cm³/mol. The first-order chi connectivity index (χ1) is 10.2. The molecule has 0 saturated heterocycles. The topological polar surface area (TPSA) is 68.0 Å². The van der Waals surface area contributed by atoms with Gasteiger partial charge in [0.25, 0.3) is 0 Å². The standard InChI is InChI=1S/C16H21N3OS/c1-3-13-10-18-16(21-13)11(2)19-15(20)14(9-17)12-7-5-4-6-8-12/h4-8,10-11,14H,3,9,17H2,1-2H3,(H,19,20). The van der Waals surface area contributed by atoms with E-state index in [9.17, 15) is 4.79 Å². The zero-order valence-corrected chi connectivity index (χ0v) is 13.2. The van der Waals surface area contributed by atoms with Crippen molar-refractivity contribution in [3.63, 3.8) is 0 Å². The molecule has 0 aliphatic heterocycles. The highest BCUT2D eigenvalue weighted by molar-refractivity contribution is 7.11. The number of carbonyl (C=O) groups excluding carboxylic acids is 1. The molecule has 0 saturated carbocycles. The van der Waals surface area contributed by atoms with Crippen LogP contribution in [-0.2, 0) is 11.2 Å². The van der Waals surface area contributed by atoms with Crippen LogP contribution in [0.15, 0.2) is 36.5 Å². The number of rotatable bonds is 6. The third kappa shape index (κ3) is 3.89. The monoisotopic (exact) mass is 303 g/mol. The molecule has 1 amide bonds. The summed E-state index contributed by atoms with van der Waals surface area (Å²) in [6.45, 7) is 4.34. The van der Waals surface area contributed by atoms with Crippen molar-refractivity contribution in [3.8, 4) is 0 Å². The molecule has 0 aliphatic carbocycles. The van der Waals surface area contributed by atoms with E-state index in [1.165, 1.54) is 4.88 Å². The van der Waals surface area contributed by atoms with E-state index in [1.807, 2.05) is 43.5 Å². The molecule has 2 atom stereocenters. The average Bonchev–Trinajstić information content (AvgIpc) is 2.98. The molecule has 0 fully saturated rings. The maximum absolute atomic E-state index is 12.4. The Morgan fingerprint density at radius 1 is 1.38 bits per heavy atom. The second-order valence-electron chi connectivity index (χ2n) is 4.95. The Kier molecular flexibility index (Phi) is 5.47. The summed E-state index contributed by atoms with van der Waals surface area (Å²) in [6.07, 6.45) is 2.84. The minimum Gasteiger partial charge on any atom is -0.347 e. The molecular weight excluding hydrogens is 282 g/mol. The summed E-state index contributed by atoms with van der Waals surface area (Å²) in [4.78, 5) is 18.0. The van der Waals surface area contributed by atoms with E-state index >= 15 is 0 Å². The first kappa shape index (κ1) is 15.7. The summed E-state index contributed by atoms with van der Waals surface area (Å²) in [5.41, 5.74) is 6.71. The third-order valence-corrected chi connectivity index (χ3v) is 4.73. The highest BCUT2D eigenvalue weighted by atomic mass is 32.1. The van der Waals surface area contributed by atoms with Crippen LogP contribution >= 0.6 is 11.3 Å². The lowest BCUT2D eigenvalue weighted by atomic mass is 9.98. The van der Waals surface area contributed by atoms with Crippen molar-refractivity contribution in [2.45, 2.75) is 32.2 Å². The van der Waals surface area contributed by atoms with Crippen LogP contribution in [0, 0.1) is 0 Å². The number of amides is 1. The number of carbonyl (C=O) groups is 1. The Morgan fingerprint density at radius 3 is 2.67 bits per heavy atom. The molecule has 0 radical (unpaired) electrons. The van der Waals surface area contributed by atoms with Crippen molar-refractivity contribution >= 4 is 17.2 Å². The number of hydrogen-bond donors (Lipinski definition) is 2. The molecule has 2 aromatic rings. The van der Waals surface area contributed by atoms with Gasteiger partial charge in [-0.15, -0.1) is 11.3 Å². The number of benzene rings is 1. The summed E-state index contributed by atoms with van der Waals surface area (Å²) < 4.78 is 0. The highest BCUT2D eigenvalue weighted by Crippen LogP contribution is 2.22. The molecule has 1 aromatic carbocycles. The lowest BCUT2D eigenvalue weighted by Gasteiger charge is -2.18. The molecule has 1 aromatic heterocycles. The third-order valence-electron chi connectivity index (χ3n) is 3.40. The van der Waals surface area contributed by atoms with Gasteiger partial charge in [-0.2, -0.15) is 0 Å². The van der Waals surface area contributed by atoms with Crippen molar-refractivity contribution in [2.75, 3.05) is 6.54 Å². The minimum atomic E-state index is -0.320. The fourth-order valence-corrected chi connectivity index (χ4v) is 3.00. The summed E-state index contributed by atoms with van der Waals surface area (Å²) in [7, 11) is 0. The molecule has 0 bridgehead atoms. The molecule has 0 aliphatic rings. The van der Waals surface area contributed by atoms with Crippen LogP contribution in [0.2, 0.25) is 0 Å². The molecule has 5 heteroatoms. The predicted octanol–water partition coefficient (Wildman–Crippen LogP) is 2.63. The van der Waals surface area contributed by atoms with Gasteiger partial charge in [-0.05, 0) is 18.9 Å². The van der Waals surface area contributed by atoms with Crippen molar-refractivity contribution in [1.29, 1.82) is 0 Å². The fourth-order valence-electron chi connectivity index (χ4n) is 2.14. The molecule has 112 valence electrons. The lowest BCUT2D eigenvalue weighted by Crippen LogP contribution is -2.35. The smallest absolute Gasteiger partial charge is 0.229 e.